The van der Waals surface area contributed by atoms with Gasteiger partial charge in [0.2, 0.25) is 0 Å². The Bertz CT molecular complexity index is 560. The van der Waals surface area contributed by atoms with Gasteiger partial charge in [-0.2, -0.15) is 0 Å². The van der Waals surface area contributed by atoms with Gasteiger partial charge in [0.05, 0.1) is 0 Å². The maximum Gasteiger partial charge on any atom is 0.0233 e. The number of hydrogen-bond acceptors (Lipinski definition) is 2. The van der Waals surface area contributed by atoms with E-state index in [-0.39, 0.29) is 0 Å². The van der Waals surface area contributed by atoms with Gasteiger partial charge in [0, 0.05) is 19.1 Å². The molecule has 0 aliphatic carbocycles. The average molecular weight is 282 g/mol. The van der Waals surface area contributed by atoms with Crippen molar-refractivity contribution in [2.24, 2.45) is 5.73 Å². The third-order valence-electron chi connectivity index (χ3n) is 4.28. The molecule has 2 rings (SSSR count). The lowest BCUT2D eigenvalue weighted by Gasteiger charge is -2.23. The van der Waals surface area contributed by atoms with Gasteiger partial charge in [-0.25, -0.2) is 0 Å². The molecule has 0 saturated heterocycles. The first-order valence-corrected chi connectivity index (χ1v) is 7.73. The Hall–Kier alpha value is -1.64. The molecule has 2 N–H and O–H groups in total. The zero-order valence-electron chi connectivity index (χ0n) is 13.3. The summed E-state index contributed by atoms with van der Waals surface area (Å²) in [7, 11) is 2.19. The van der Waals surface area contributed by atoms with Crippen LogP contribution in [0, 0.1) is 0 Å². The lowest BCUT2D eigenvalue weighted by molar-refractivity contribution is 0.244. The van der Waals surface area contributed by atoms with E-state index in [2.05, 4.69) is 68.3 Å². The van der Waals surface area contributed by atoms with E-state index in [1.54, 1.807) is 0 Å². The zero-order chi connectivity index (χ0) is 15.2. The Morgan fingerprint density at radius 1 is 1.05 bits per heavy atom. The van der Waals surface area contributed by atoms with E-state index < -0.39 is 0 Å². The van der Waals surface area contributed by atoms with Crippen LogP contribution in [0.4, 0.5) is 0 Å². The van der Waals surface area contributed by atoms with Gasteiger partial charge >= 0.3 is 0 Å². The van der Waals surface area contributed by atoms with Crippen molar-refractivity contribution in [1.82, 2.24) is 4.90 Å². The van der Waals surface area contributed by atoms with E-state index in [0.717, 1.165) is 6.54 Å². The summed E-state index contributed by atoms with van der Waals surface area (Å²) >= 11 is 0. The largest absolute Gasteiger partial charge is 0.326 e. The summed E-state index contributed by atoms with van der Waals surface area (Å²) in [4.78, 5) is 2.39. The highest BCUT2D eigenvalue weighted by Gasteiger charge is 2.08. The van der Waals surface area contributed by atoms with E-state index in [4.69, 9.17) is 5.73 Å². The van der Waals surface area contributed by atoms with Crippen LogP contribution < -0.4 is 5.73 Å². The average Bonchev–Trinajstić information content (AvgIpc) is 2.54. The summed E-state index contributed by atoms with van der Waals surface area (Å²) in [6.07, 6.45) is 1.18. The molecule has 1 atom stereocenters. The first-order chi connectivity index (χ1) is 10.2. The minimum Gasteiger partial charge on any atom is -0.326 e. The standard InChI is InChI=1S/C19H26N2/c1-4-15(2)21(3)14-16-9-11-17(12-10-16)19-8-6-5-7-18(19)13-20/h5-12,15H,4,13-14,20H2,1-3H3. The van der Waals surface area contributed by atoms with E-state index in [9.17, 15) is 0 Å². The van der Waals surface area contributed by atoms with Crippen molar-refractivity contribution in [3.05, 3.63) is 59.7 Å². The van der Waals surface area contributed by atoms with Crippen molar-refractivity contribution in [3.63, 3.8) is 0 Å². The number of hydrogen-bond donors (Lipinski definition) is 1. The van der Waals surface area contributed by atoms with Crippen molar-refractivity contribution in [2.45, 2.75) is 39.4 Å². The van der Waals surface area contributed by atoms with Crippen LogP contribution in [-0.2, 0) is 13.1 Å². The van der Waals surface area contributed by atoms with Gasteiger partial charge in [-0.1, -0.05) is 55.5 Å². The third-order valence-corrected chi connectivity index (χ3v) is 4.28. The van der Waals surface area contributed by atoms with Crippen LogP contribution in [0.2, 0.25) is 0 Å². The highest BCUT2D eigenvalue weighted by molar-refractivity contribution is 5.67. The van der Waals surface area contributed by atoms with E-state index >= 15 is 0 Å². The van der Waals surface area contributed by atoms with Gasteiger partial charge in [0.15, 0.2) is 0 Å². The molecule has 2 aromatic carbocycles. The molecule has 2 nitrogen and oxygen atoms in total. The van der Waals surface area contributed by atoms with E-state index in [1.165, 1.54) is 28.7 Å². The first-order valence-electron chi connectivity index (χ1n) is 7.73. The second-order valence-corrected chi connectivity index (χ2v) is 5.73. The number of rotatable bonds is 6. The molecule has 0 heterocycles. The molecule has 0 spiro atoms. The van der Waals surface area contributed by atoms with Crippen LogP contribution in [0.5, 0.6) is 0 Å². The van der Waals surface area contributed by atoms with Crippen LogP contribution in [0.1, 0.15) is 31.4 Å². The van der Waals surface area contributed by atoms with Gasteiger partial charge in [-0.15, -0.1) is 0 Å². The maximum atomic E-state index is 5.83. The van der Waals surface area contributed by atoms with Gasteiger partial charge in [-0.05, 0) is 42.6 Å². The van der Waals surface area contributed by atoms with Crippen LogP contribution in [0.15, 0.2) is 48.5 Å². The molecule has 0 amide bonds. The molecule has 0 aliphatic rings. The van der Waals surface area contributed by atoms with E-state index in [1.807, 2.05) is 6.07 Å². The van der Waals surface area contributed by atoms with Crippen molar-refractivity contribution in [2.75, 3.05) is 7.05 Å². The minimum atomic E-state index is 0.578. The summed E-state index contributed by atoms with van der Waals surface area (Å²) in [6.45, 7) is 6.07. The second kappa shape index (κ2) is 7.39. The topological polar surface area (TPSA) is 29.3 Å². The van der Waals surface area contributed by atoms with Crippen LogP contribution in [0.3, 0.4) is 0 Å². The molecule has 2 aromatic rings. The fraction of sp³-hybridized carbons (Fsp3) is 0.368. The molecule has 2 heteroatoms. The predicted molar refractivity (Wildman–Crippen MR) is 91.0 cm³/mol. The molecule has 0 aliphatic heterocycles. The van der Waals surface area contributed by atoms with Gasteiger partial charge in [0.1, 0.15) is 0 Å². The second-order valence-electron chi connectivity index (χ2n) is 5.73. The Morgan fingerprint density at radius 3 is 2.33 bits per heavy atom. The molecule has 21 heavy (non-hydrogen) atoms. The predicted octanol–water partition coefficient (Wildman–Crippen LogP) is 4.04. The Balaban J connectivity index is 2.15. The van der Waals surface area contributed by atoms with Gasteiger partial charge < -0.3 is 5.73 Å². The minimum absolute atomic E-state index is 0.578. The smallest absolute Gasteiger partial charge is 0.0233 e. The Morgan fingerprint density at radius 2 is 1.71 bits per heavy atom. The normalized spacial score (nSPS) is 12.6. The lowest BCUT2D eigenvalue weighted by atomic mass is 9.98. The molecule has 0 radical (unpaired) electrons. The van der Waals surface area contributed by atoms with Crippen molar-refractivity contribution in [1.29, 1.82) is 0 Å². The van der Waals surface area contributed by atoms with Crippen molar-refractivity contribution < 1.29 is 0 Å². The lowest BCUT2D eigenvalue weighted by Crippen LogP contribution is -2.27. The molecule has 0 aromatic heterocycles. The summed E-state index contributed by atoms with van der Waals surface area (Å²) in [6, 6.07) is 17.8. The van der Waals surface area contributed by atoms with Gasteiger partial charge in [-0.3, -0.25) is 4.90 Å². The SMILES string of the molecule is CCC(C)N(C)Cc1ccc(-c2ccccc2CN)cc1. The highest BCUT2D eigenvalue weighted by Crippen LogP contribution is 2.24. The van der Waals surface area contributed by atoms with Crippen molar-refractivity contribution in [3.8, 4) is 11.1 Å². The molecule has 0 bridgehead atoms. The number of benzene rings is 2. The van der Waals surface area contributed by atoms with Crippen LogP contribution in [0.25, 0.3) is 11.1 Å². The summed E-state index contributed by atoms with van der Waals surface area (Å²) in [5.74, 6) is 0. The van der Waals surface area contributed by atoms with Crippen LogP contribution in [-0.4, -0.2) is 18.0 Å². The monoisotopic (exact) mass is 282 g/mol. The summed E-state index contributed by atoms with van der Waals surface area (Å²) in [5.41, 5.74) is 10.9. The first kappa shape index (κ1) is 15.7. The fourth-order valence-electron chi connectivity index (χ4n) is 2.53. The van der Waals surface area contributed by atoms with E-state index in [0.29, 0.717) is 12.6 Å². The molecule has 0 saturated carbocycles. The number of nitrogens with two attached hydrogens (primary N) is 1. The summed E-state index contributed by atoms with van der Waals surface area (Å²) in [5, 5.41) is 0. The van der Waals surface area contributed by atoms with Gasteiger partial charge in [0.25, 0.3) is 0 Å². The third kappa shape index (κ3) is 3.93. The molecule has 1 unspecified atom stereocenters. The van der Waals surface area contributed by atoms with Crippen LogP contribution >= 0.6 is 0 Å². The fourth-order valence-corrected chi connectivity index (χ4v) is 2.53. The molecular formula is C19H26N2. The number of nitrogens with zero attached hydrogens (tertiary/aromatic N) is 1. The molecular weight excluding hydrogens is 256 g/mol. The quantitative estimate of drug-likeness (QED) is 0.866. The Labute approximate surface area is 128 Å². The maximum absolute atomic E-state index is 5.83. The zero-order valence-corrected chi connectivity index (χ0v) is 13.3. The molecule has 112 valence electrons. The molecule has 0 fully saturated rings. The Kier molecular flexibility index (Phi) is 5.54. The van der Waals surface area contributed by atoms with Crippen molar-refractivity contribution >= 4 is 0 Å². The summed E-state index contributed by atoms with van der Waals surface area (Å²) < 4.78 is 0. The highest BCUT2D eigenvalue weighted by atomic mass is 15.1.